The Hall–Kier alpha value is 5.53. The van der Waals surface area contributed by atoms with Gasteiger partial charge in [-0.25, -0.2) is 13.1 Å². The Morgan fingerprint density at radius 3 is 0.667 bits per heavy atom. The van der Waals surface area contributed by atoms with Crippen LogP contribution < -0.4 is 31.9 Å². The molecule has 0 unspecified atom stereocenters. The van der Waals surface area contributed by atoms with Crippen LogP contribution in [-0.4, -0.2) is 149 Å². The van der Waals surface area contributed by atoms with E-state index in [-0.39, 0.29) is 123 Å². The van der Waals surface area contributed by atoms with Crippen LogP contribution in [0.5, 0.6) is 0 Å². The Labute approximate surface area is 608 Å². The second-order valence-corrected chi connectivity index (χ2v) is 22.9. The average molecular weight is 1670 g/mol. The van der Waals surface area contributed by atoms with Crippen molar-refractivity contribution in [2.45, 2.75) is 0 Å². The number of rotatable bonds is 18. The molecular formula is C27H42Mn3N12S24Zn3-7. The molecule has 0 aliphatic heterocycles. The van der Waals surface area contributed by atoms with Crippen LogP contribution in [0.1, 0.15) is 0 Å². The third-order valence-corrected chi connectivity index (χ3v) is 10.2. The number of nitrogens with one attached hydrogen (secondary N) is 6. The molecule has 12 nitrogen and oxygen atoms in total. The van der Waals surface area contributed by atoms with Gasteiger partial charge in [-0.15, -0.1) is 35.3 Å². The summed E-state index contributed by atoms with van der Waals surface area (Å²) in [6.07, 6.45) is 5.79. The van der Waals surface area contributed by atoms with Crippen LogP contribution in [0.2, 0.25) is 0 Å². The van der Waals surface area contributed by atoms with E-state index >= 15 is 0 Å². The molecule has 6 N–H and O–H groups in total. The molecule has 0 bridgehead atoms. The van der Waals surface area contributed by atoms with Gasteiger partial charge in [0.2, 0.25) is 0 Å². The fraction of sp³-hybridized carbons (Fsp3) is 0.556. The zero-order chi connectivity index (χ0) is 50.0. The van der Waals surface area contributed by atoms with Gasteiger partial charge in [0.05, 0.1) is 39.3 Å². The van der Waals surface area contributed by atoms with Crippen LogP contribution in [0.25, 0.3) is 0 Å². The first-order chi connectivity index (χ1) is 29.4. The molecule has 0 aromatic heterocycles. The summed E-state index contributed by atoms with van der Waals surface area (Å²) >= 11 is 99.3. The Bertz CT molecular complexity index is 1240. The minimum Gasteiger partial charge on any atom is -0.789 e. The summed E-state index contributed by atoms with van der Waals surface area (Å²) in [5, 5.41) is 17.6. The molecule has 0 aromatic carbocycles. The maximum absolute atomic E-state index is 4.90. The van der Waals surface area contributed by atoms with Crippen molar-refractivity contribution in [3.05, 3.63) is 0 Å². The fourth-order valence-electron chi connectivity index (χ4n) is 2.06. The van der Waals surface area contributed by atoms with Crippen molar-refractivity contribution >= 4 is 350 Å². The van der Waals surface area contributed by atoms with Gasteiger partial charge in [0, 0.05) is 115 Å². The first-order valence-corrected chi connectivity index (χ1v) is 28.4. The van der Waals surface area contributed by atoms with Crippen molar-refractivity contribution in [1.82, 2.24) is 31.9 Å². The zero-order valence-electron chi connectivity index (χ0n) is 36.3. The summed E-state index contributed by atoms with van der Waals surface area (Å²) < 4.78 is 5.32. The molecule has 0 spiro atoms. The van der Waals surface area contributed by atoms with Crippen LogP contribution in [0.4, 0.5) is 0 Å². The molecule has 0 saturated heterocycles. The average Bonchev–Trinajstić information content (AvgIpc) is 3.19. The van der Waals surface area contributed by atoms with Crippen molar-refractivity contribution in [3.63, 3.8) is 0 Å². The Balaban J connectivity index is -0.0000000556. The first kappa shape index (κ1) is 103. The number of thiol groups is 3. The molecule has 0 amide bonds. The van der Waals surface area contributed by atoms with E-state index in [0.717, 1.165) is 52.2 Å². The molecule has 2 radical (unpaired) electrons. The minimum absolute atomic E-state index is 0. The normalized spacial score (nSPS) is 9.04. The topological polar surface area (TPSA) is 146 Å². The van der Waals surface area contributed by atoms with E-state index in [4.69, 9.17) is 36.7 Å². The maximum Gasteiger partial charge on any atom is 3.00 e. The van der Waals surface area contributed by atoms with Gasteiger partial charge in [-0.05, 0) is 18.8 Å². The summed E-state index contributed by atoms with van der Waals surface area (Å²) in [4.78, 5) is 22.6. The molecule has 0 heterocycles. The Morgan fingerprint density at radius 2 is 0.536 bits per heavy atom. The molecule has 0 rings (SSSR count). The number of thioether (sulfide) groups is 3. The van der Waals surface area contributed by atoms with Crippen LogP contribution in [-0.2, 0) is 261 Å². The fourth-order valence-corrected chi connectivity index (χ4v) is 4.84. The number of nitrogens with zero attached hydrogens (tertiary/aromatic N) is 6. The van der Waals surface area contributed by atoms with Crippen molar-refractivity contribution < 1.29 is 110 Å². The predicted octanol–water partition coefficient (Wildman–Crippen LogP) is 2.73. The Morgan fingerprint density at radius 1 is 0.377 bits per heavy atom. The molecule has 69 heavy (non-hydrogen) atoms. The first-order valence-electron chi connectivity index (χ1n) is 16.0. The van der Waals surface area contributed by atoms with E-state index in [1.54, 1.807) is 0 Å². The third kappa shape index (κ3) is 131. The van der Waals surface area contributed by atoms with Gasteiger partial charge in [0.1, 0.15) is 13.0 Å². The second-order valence-electron chi connectivity index (χ2n) is 8.83. The molecule has 0 saturated carbocycles. The van der Waals surface area contributed by atoms with Gasteiger partial charge in [-0.2, -0.15) is 37.9 Å². The molecule has 0 aromatic rings. The smallest absolute Gasteiger partial charge is 0.789 e. The van der Waals surface area contributed by atoms with Crippen molar-refractivity contribution in [1.29, 1.82) is 0 Å². The molecule has 0 atom stereocenters. The van der Waals surface area contributed by atoms with Crippen molar-refractivity contribution in [2.24, 2.45) is 30.0 Å². The van der Waals surface area contributed by atoms with Gasteiger partial charge in [0.15, 0.2) is 0 Å². The summed E-state index contributed by atoms with van der Waals surface area (Å²) in [5.74, 6) is 0. The van der Waals surface area contributed by atoms with E-state index in [1.807, 2.05) is 18.8 Å². The number of thiocarbonyl (C=S) groups is 6. The molecule has 388 valence electrons. The summed E-state index contributed by atoms with van der Waals surface area (Å²) in [7, 11) is 0. The van der Waals surface area contributed by atoms with E-state index in [2.05, 4.69) is 288 Å². The van der Waals surface area contributed by atoms with E-state index < -0.39 is 0 Å². The van der Waals surface area contributed by atoms with E-state index in [0.29, 0.717) is 65.4 Å². The van der Waals surface area contributed by atoms with Crippen molar-refractivity contribution in [3.8, 4) is 0 Å². The predicted molar refractivity (Wildman–Crippen MR) is 353 cm³/mol. The second kappa shape index (κ2) is 82.4. The quantitative estimate of drug-likeness (QED) is 0.0189. The molecule has 0 aliphatic carbocycles. The minimum atomic E-state index is 0. The Kier molecular flexibility index (Phi) is 123. The number of aliphatic imine (C=N–C) groups is 6. The number of hydrogen-bond donors (Lipinski definition) is 9. The largest absolute Gasteiger partial charge is 3.00 e. The van der Waals surface area contributed by atoms with Gasteiger partial charge in [-0.1, -0.05) is 62.7 Å². The SMILES string of the molecule is CSC(=S)NCCNC(=S)[S-].CSC(=S)NCCNC(=S)[S-].CSC(=S)NCCNC(=S)[S-].[Mn+2].[Mn+3].[Mn].[S-]C([S-])=NCCN=C([S-])S.[S-]C([S-])=NCCN=C([S-])S.[S-]C([S-])=NCCN=C([S-])S.[Zn].[Zn].[Zn]. The number of hydrogen-bond acceptors (Lipinski definition) is 27. The summed E-state index contributed by atoms with van der Waals surface area (Å²) in [6, 6.07) is 0. The zero-order valence-corrected chi connectivity index (χ0v) is 68.6. The van der Waals surface area contributed by atoms with Gasteiger partial charge < -0.3 is 250 Å². The molecule has 0 fully saturated rings. The van der Waals surface area contributed by atoms with Gasteiger partial charge in [-0.3, -0.25) is 0 Å². The summed E-state index contributed by atoms with van der Waals surface area (Å²) in [5.41, 5.74) is 0. The van der Waals surface area contributed by atoms with Gasteiger partial charge in [0.25, 0.3) is 0 Å². The van der Waals surface area contributed by atoms with Crippen LogP contribution in [0.3, 0.4) is 0 Å². The third-order valence-electron chi connectivity index (χ3n) is 4.31. The van der Waals surface area contributed by atoms with E-state index in [9.17, 15) is 0 Å². The molecular weight excluding hydrogens is 1620 g/mol. The van der Waals surface area contributed by atoms with E-state index in [1.165, 1.54) is 35.3 Å². The standard InChI is InChI=1S/3C5H10N2S4.3C4H8N2S4.3Mn.3Zn/c3*1-11-5(10)7-3-2-6-4(8)9;3*7-3(8)5-1-2-6-4(9)10;;;;;;/h3*2-3H2,1H3,(H,7,10)(H2,6,8,9);3*1-2H2,(H2,5,7,8)(H2,6,9,10);;;;;;/q;;;;;;;+2;+3;;;/p-12. The maximum atomic E-state index is 4.90. The van der Waals surface area contributed by atoms with Crippen LogP contribution in [0, 0.1) is 0 Å². The molecule has 0 aliphatic rings. The van der Waals surface area contributed by atoms with Gasteiger partial charge >= 0.3 is 34.1 Å². The summed E-state index contributed by atoms with van der Waals surface area (Å²) in [6.45, 7) is 7.50. The van der Waals surface area contributed by atoms with Crippen LogP contribution in [0.15, 0.2) is 30.0 Å². The van der Waals surface area contributed by atoms with Crippen LogP contribution >= 0.6 is 146 Å². The molecule has 42 heteroatoms. The van der Waals surface area contributed by atoms with Crippen molar-refractivity contribution in [2.75, 3.05) is 97.3 Å². The monoisotopic (exact) mass is 1660 g/mol.